The summed E-state index contributed by atoms with van der Waals surface area (Å²) in [4.78, 5) is 38.6. The highest BCUT2D eigenvalue weighted by molar-refractivity contribution is 5.88. The van der Waals surface area contributed by atoms with Crippen LogP contribution in [0.2, 0.25) is 0 Å². The number of carbonyl (C=O) groups is 3. The van der Waals surface area contributed by atoms with Crippen molar-refractivity contribution in [1.82, 2.24) is 15.7 Å². The van der Waals surface area contributed by atoms with Crippen LogP contribution in [0.1, 0.15) is 31.2 Å². The second-order valence-corrected chi connectivity index (χ2v) is 7.41. The van der Waals surface area contributed by atoms with E-state index in [1.54, 1.807) is 10.4 Å². The molecule has 3 amide bonds. The van der Waals surface area contributed by atoms with Gasteiger partial charge in [0.25, 0.3) is 0 Å². The second kappa shape index (κ2) is 9.56. The maximum absolute atomic E-state index is 13.1. The van der Waals surface area contributed by atoms with Crippen molar-refractivity contribution in [2.75, 3.05) is 20.1 Å². The van der Waals surface area contributed by atoms with Crippen LogP contribution < -0.4 is 10.8 Å². The van der Waals surface area contributed by atoms with Crippen LogP contribution in [0.4, 0.5) is 4.79 Å². The molecule has 1 heterocycles. The zero-order valence-corrected chi connectivity index (χ0v) is 16.5. The minimum absolute atomic E-state index is 0.0969. The number of rotatable bonds is 4. The Bertz CT molecular complexity index is 780. The second-order valence-electron chi connectivity index (χ2n) is 7.41. The molecule has 0 radical (unpaired) electrons. The first kappa shape index (κ1) is 20.9. The highest BCUT2D eigenvalue weighted by Gasteiger charge is 2.42. The fraction of sp³-hybridized carbons (Fsp3) is 0.476. The molecule has 1 aliphatic heterocycles. The Kier molecular flexibility index (Phi) is 6.87. The number of ether oxygens (including phenoxy) is 1. The molecule has 1 aromatic rings. The molecule has 156 valence electrons. The van der Waals surface area contributed by atoms with E-state index in [1.807, 2.05) is 18.2 Å². The van der Waals surface area contributed by atoms with E-state index in [2.05, 4.69) is 23.5 Å². The molecule has 2 aliphatic rings. The van der Waals surface area contributed by atoms with E-state index < -0.39 is 29.9 Å². The lowest BCUT2D eigenvalue weighted by molar-refractivity contribution is -0.148. The molecule has 0 saturated heterocycles. The zero-order chi connectivity index (χ0) is 20.8. The molecule has 1 aromatic carbocycles. The van der Waals surface area contributed by atoms with Gasteiger partial charge in [0.15, 0.2) is 0 Å². The summed E-state index contributed by atoms with van der Waals surface area (Å²) in [7, 11) is 1.46. The van der Waals surface area contributed by atoms with Gasteiger partial charge in [-0.2, -0.15) is 0 Å². The maximum atomic E-state index is 13.1. The molecule has 3 N–H and O–H groups in total. The summed E-state index contributed by atoms with van der Waals surface area (Å²) in [6, 6.07) is 10.1. The summed E-state index contributed by atoms with van der Waals surface area (Å²) in [5, 5.41) is 11.5. The number of hydrogen-bond donors (Lipinski definition) is 3. The number of hydroxylamine groups is 1. The van der Waals surface area contributed by atoms with Crippen LogP contribution in [-0.4, -0.2) is 54.3 Å². The number of alkyl carbamates (subject to hydrolysis) is 1. The molecular formula is C21H27N3O5. The number of benzene rings is 1. The maximum Gasteiger partial charge on any atom is 0.407 e. The van der Waals surface area contributed by atoms with Crippen molar-refractivity contribution in [3.63, 3.8) is 0 Å². The molecule has 8 nitrogen and oxygen atoms in total. The summed E-state index contributed by atoms with van der Waals surface area (Å²) in [6.45, 7) is 1.08. The van der Waals surface area contributed by atoms with Crippen molar-refractivity contribution in [2.45, 2.75) is 31.8 Å². The lowest BCUT2D eigenvalue weighted by Crippen LogP contribution is -2.48. The van der Waals surface area contributed by atoms with E-state index in [0.29, 0.717) is 25.9 Å². The normalized spacial score (nSPS) is 24.3. The quantitative estimate of drug-likeness (QED) is 0.528. The molecule has 1 saturated carbocycles. The van der Waals surface area contributed by atoms with Crippen LogP contribution in [0.25, 0.3) is 5.57 Å². The average Bonchev–Trinajstić information content (AvgIpc) is 2.78. The van der Waals surface area contributed by atoms with Gasteiger partial charge >= 0.3 is 6.09 Å². The van der Waals surface area contributed by atoms with Crippen LogP contribution in [0.5, 0.6) is 0 Å². The molecule has 0 aromatic heterocycles. The highest BCUT2D eigenvalue weighted by Crippen LogP contribution is 2.34. The third-order valence-electron chi connectivity index (χ3n) is 5.71. The van der Waals surface area contributed by atoms with E-state index in [1.165, 1.54) is 12.6 Å². The molecule has 3 rings (SSSR count). The average molecular weight is 401 g/mol. The zero-order valence-electron chi connectivity index (χ0n) is 16.5. The summed E-state index contributed by atoms with van der Waals surface area (Å²) in [5.41, 5.74) is 4.03. The molecule has 1 aliphatic carbocycles. The highest BCUT2D eigenvalue weighted by atomic mass is 16.6. The fourth-order valence-electron chi connectivity index (χ4n) is 4.14. The Morgan fingerprint density at radius 2 is 1.90 bits per heavy atom. The SMILES string of the molecule is CNC(=O)OC1CCC(C(=O)N2CC=C(c3ccccc3)CC2)C(C(=O)NO)C1. The third-order valence-corrected chi connectivity index (χ3v) is 5.71. The van der Waals surface area contributed by atoms with Gasteiger partial charge in [0.05, 0.1) is 11.8 Å². The van der Waals surface area contributed by atoms with Crippen molar-refractivity contribution in [2.24, 2.45) is 11.8 Å². The Labute approximate surface area is 169 Å². The van der Waals surface area contributed by atoms with E-state index >= 15 is 0 Å². The van der Waals surface area contributed by atoms with E-state index in [9.17, 15) is 14.4 Å². The fourth-order valence-corrected chi connectivity index (χ4v) is 4.14. The molecule has 0 bridgehead atoms. The first-order valence-electron chi connectivity index (χ1n) is 9.89. The number of amides is 3. The van der Waals surface area contributed by atoms with Crippen molar-refractivity contribution in [3.8, 4) is 0 Å². The first-order valence-corrected chi connectivity index (χ1v) is 9.89. The Morgan fingerprint density at radius 1 is 1.14 bits per heavy atom. The van der Waals surface area contributed by atoms with Gasteiger partial charge in [0.2, 0.25) is 11.8 Å². The van der Waals surface area contributed by atoms with Crippen molar-refractivity contribution in [3.05, 3.63) is 42.0 Å². The third kappa shape index (κ3) is 4.95. The van der Waals surface area contributed by atoms with Crippen LogP contribution in [0.15, 0.2) is 36.4 Å². The Morgan fingerprint density at radius 3 is 2.52 bits per heavy atom. The minimum Gasteiger partial charge on any atom is -0.446 e. The summed E-state index contributed by atoms with van der Waals surface area (Å²) >= 11 is 0. The van der Waals surface area contributed by atoms with Crippen LogP contribution >= 0.6 is 0 Å². The number of nitrogens with zero attached hydrogens (tertiary/aromatic N) is 1. The number of hydrogen-bond acceptors (Lipinski definition) is 5. The van der Waals surface area contributed by atoms with Gasteiger partial charge in [-0.15, -0.1) is 0 Å². The lowest BCUT2D eigenvalue weighted by Gasteiger charge is -2.37. The predicted molar refractivity (Wildman–Crippen MR) is 106 cm³/mol. The lowest BCUT2D eigenvalue weighted by atomic mass is 9.76. The minimum atomic E-state index is -0.740. The monoisotopic (exact) mass is 401 g/mol. The van der Waals surface area contributed by atoms with Gasteiger partial charge in [-0.1, -0.05) is 36.4 Å². The summed E-state index contributed by atoms with van der Waals surface area (Å²) in [6.07, 6.45) is 2.89. The molecular weight excluding hydrogens is 374 g/mol. The molecule has 1 fully saturated rings. The van der Waals surface area contributed by atoms with Crippen molar-refractivity contribution in [1.29, 1.82) is 0 Å². The topological polar surface area (TPSA) is 108 Å². The van der Waals surface area contributed by atoms with Gasteiger partial charge in [-0.3, -0.25) is 14.8 Å². The van der Waals surface area contributed by atoms with Gasteiger partial charge in [-0.25, -0.2) is 10.3 Å². The van der Waals surface area contributed by atoms with E-state index in [4.69, 9.17) is 9.94 Å². The van der Waals surface area contributed by atoms with E-state index in [-0.39, 0.29) is 12.3 Å². The molecule has 0 spiro atoms. The Hall–Kier alpha value is -2.87. The summed E-state index contributed by atoms with van der Waals surface area (Å²) in [5.74, 6) is -2.00. The standard InChI is InChI=1S/C21H27N3O5/c1-22-21(27)29-16-7-8-17(18(13-16)19(25)23-28)20(26)24-11-9-15(10-12-24)14-5-3-2-4-6-14/h2-6,9,16-18,28H,7-8,10-13H2,1H3,(H,22,27)(H,23,25). The Balaban J connectivity index is 1.67. The molecule has 29 heavy (non-hydrogen) atoms. The first-order chi connectivity index (χ1) is 14.0. The van der Waals surface area contributed by atoms with Crippen LogP contribution in [0.3, 0.4) is 0 Å². The van der Waals surface area contributed by atoms with Crippen molar-refractivity contribution >= 4 is 23.5 Å². The van der Waals surface area contributed by atoms with E-state index in [0.717, 1.165) is 12.0 Å². The number of nitrogens with one attached hydrogen (secondary N) is 2. The molecule has 3 unspecified atom stereocenters. The molecule has 8 heteroatoms. The van der Waals surface area contributed by atoms with Gasteiger partial charge < -0.3 is 15.0 Å². The predicted octanol–water partition coefficient (Wildman–Crippen LogP) is 1.95. The van der Waals surface area contributed by atoms with Crippen LogP contribution in [0, 0.1) is 11.8 Å². The largest absolute Gasteiger partial charge is 0.446 e. The van der Waals surface area contributed by atoms with Gasteiger partial charge in [0, 0.05) is 20.1 Å². The molecule has 3 atom stereocenters. The van der Waals surface area contributed by atoms with Crippen molar-refractivity contribution < 1.29 is 24.3 Å². The van der Waals surface area contributed by atoms with Gasteiger partial charge in [-0.05, 0) is 36.8 Å². The van der Waals surface area contributed by atoms with Crippen LogP contribution in [-0.2, 0) is 14.3 Å². The number of carbonyl (C=O) groups excluding carboxylic acids is 3. The summed E-state index contributed by atoms with van der Waals surface area (Å²) < 4.78 is 5.26. The van der Waals surface area contributed by atoms with Gasteiger partial charge in [0.1, 0.15) is 6.10 Å². The smallest absolute Gasteiger partial charge is 0.407 e.